The van der Waals surface area contributed by atoms with Crippen LogP contribution in [-0.4, -0.2) is 42.2 Å². The van der Waals surface area contributed by atoms with Crippen LogP contribution in [0, 0.1) is 22.7 Å². The highest BCUT2D eigenvalue weighted by Gasteiger charge is 2.35. The van der Waals surface area contributed by atoms with Crippen LogP contribution in [0.2, 0.25) is 0 Å². The van der Waals surface area contributed by atoms with E-state index in [1.165, 1.54) is 0 Å². The van der Waals surface area contributed by atoms with Crippen LogP contribution in [0.15, 0.2) is 35.4 Å². The molecule has 0 bridgehead atoms. The van der Waals surface area contributed by atoms with Gasteiger partial charge in [-0.15, -0.1) is 0 Å². The first-order chi connectivity index (χ1) is 16.5. The number of thioether (sulfide) groups is 1. The van der Waals surface area contributed by atoms with Gasteiger partial charge < -0.3 is 16.0 Å². The van der Waals surface area contributed by atoms with E-state index in [1.807, 2.05) is 25.1 Å². The topological polar surface area (TPSA) is 119 Å². The highest BCUT2D eigenvalue weighted by Crippen LogP contribution is 2.40. The largest absolute Gasteiger partial charge is 0.368 e. The molecule has 2 aromatic rings. The number of benzene rings is 1. The van der Waals surface area contributed by atoms with Gasteiger partial charge in [-0.25, -0.2) is 9.37 Å². The molecule has 1 aliphatic carbocycles. The smallest absolute Gasteiger partial charge is 0.235 e. The number of primary amides is 1. The average molecular weight is 479 g/mol. The van der Waals surface area contributed by atoms with Crippen molar-refractivity contribution in [3.8, 4) is 12.1 Å². The quantitative estimate of drug-likeness (QED) is 0.558. The summed E-state index contributed by atoms with van der Waals surface area (Å²) in [5, 5.41) is 22.8. The molecule has 176 valence electrons. The summed E-state index contributed by atoms with van der Waals surface area (Å²) in [6, 6.07) is 13.6. The molecule has 1 amide bonds. The molecule has 4 rings (SSSR count). The van der Waals surface area contributed by atoms with Crippen molar-refractivity contribution in [2.24, 2.45) is 5.73 Å². The molecule has 0 spiro atoms. The fourth-order valence-corrected chi connectivity index (χ4v) is 5.42. The summed E-state index contributed by atoms with van der Waals surface area (Å²) >= 11 is 1.10. The van der Waals surface area contributed by atoms with Crippen molar-refractivity contribution in [2.75, 3.05) is 18.0 Å². The number of nitrogens with one attached hydrogen (secondary N) is 1. The summed E-state index contributed by atoms with van der Waals surface area (Å²) in [6.45, 7) is 2.52. The number of anilines is 1. The Balaban J connectivity index is 1.71. The molecule has 2 fully saturated rings. The van der Waals surface area contributed by atoms with Crippen LogP contribution < -0.4 is 16.0 Å². The second-order valence-corrected chi connectivity index (χ2v) is 9.75. The Bertz CT molecular complexity index is 1140. The van der Waals surface area contributed by atoms with Gasteiger partial charge in [-0.05, 0) is 36.8 Å². The first-order valence-electron chi connectivity index (χ1n) is 11.5. The molecule has 3 N–H and O–H groups in total. The Labute approximate surface area is 203 Å². The Kier molecular flexibility index (Phi) is 7.35. The maximum atomic E-state index is 15.0. The van der Waals surface area contributed by atoms with E-state index in [-0.39, 0.29) is 18.2 Å². The van der Waals surface area contributed by atoms with Gasteiger partial charge in [0.1, 0.15) is 34.4 Å². The number of piperidine rings is 1. The van der Waals surface area contributed by atoms with Gasteiger partial charge in [0.25, 0.3) is 0 Å². The van der Waals surface area contributed by atoms with Crippen LogP contribution in [0.1, 0.15) is 53.7 Å². The van der Waals surface area contributed by atoms with Gasteiger partial charge in [-0.1, -0.05) is 49.0 Å². The molecule has 1 aliphatic heterocycles. The van der Waals surface area contributed by atoms with Crippen molar-refractivity contribution >= 4 is 23.5 Å². The number of nitrogens with two attached hydrogens (primary N) is 1. The lowest BCUT2D eigenvalue weighted by Crippen LogP contribution is -2.52. The summed E-state index contributed by atoms with van der Waals surface area (Å²) < 4.78 is 15.0. The molecular weight excluding hydrogens is 451 g/mol. The van der Waals surface area contributed by atoms with E-state index in [4.69, 9.17) is 5.73 Å². The Morgan fingerprint density at radius 3 is 2.53 bits per heavy atom. The van der Waals surface area contributed by atoms with Crippen molar-refractivity contribution < 1.29 is 9.18 Å². The van der Waals surface area contributed by atoms with Gasteiger partial charge in [0.15, 0.2) is 0 Å². The number of halogens is 1. The maximum absolute atomic E-state index is 15.0. The number of carbonyl (C=O) groups is 1. The van der Waals surface area contributed by atoms with Gasteiger partial charge in [0, 0.05) is 18.6 Å². The van der Waals surface area contributed by atoms with Gasteiger partial charge in [-0.3, -0.25) is 4.79 Å². The minimum atomic E-state index is -1.10. The monoisotopic (exact) mass is 478 g/mol. The summed E-state index contributed by atoms with van der Waals surface area (Å²) in [4.78, 5) is 18.8. The van der Waals surface area contributed by atoms with Crippen LogP contribution >= 0.6 is 11.8 Å². The molecule has 7 nitrogen and oxygen atoms in total. The minimum absolute atomic E-state index is 0.114. The second-order valence-electron chi connectivity index (χ2n) is 8.66. The molecule has 1 saturated heterocycles. The van der Waals surface area contributed by atoms with Gasteiger partial charge >= 0.3 is 0 Å². The third-order valence-corrected chi connectivity index (χ3v) is 7.54. The first-order valence-corrected chi connectivity index (χ1v) is 12.4. The van der Waals surface area contributed by atoms with Crippen molar-refractivity contribution in [1.82, 2.24) is 10.3 Å². The summed E-state index contributed by atoms with van der Waals surface area (Å²) in [5.74, 6) is -0.189. The van der Waals surface area contributed by atoms with Crippen LogP contribution in [0.25, 0.3) is 0 Å². The van der Waals surface area contributed by atoms with Crippen LogP contribution in [0.5, 0.6) is 0 Å². The predicted molar refractivity (Wildman–Crippen MR) is 129 cm³/mol. The number of nitrogens with zero attached hydrogens (tertiary/aromatic N) is 4. The molecule has 1 saturated carbocycles. The molecule has 3 atom stereocenters. The molecule has 2 heterocycles. The Morgan fingerprint density at radius 2 is 1.97 bits per heavy atom. The van der Waals surface area contributed by atoms with Crippen LogP contribution in [0.4, 0.5) is 10.2 Å². The SMILES string of the molecule is CCc1c(C#N)c(SC(C(N)=O)c2ccccc2)nc(N2CCC(NC3CC3)C(F)C2)c1C#N. The molecule has 9 heteroatoms. The van der Waals surface area contributed by atoms with Crippen molar-refractivity contribution in [3.05, 3.63) is 52.6 Å². The number of pyridine rings is 1. The molecule has 3 unspecified atom stereocenters. The maximum Gasteiger partial charge on any atom is 0.235 e. The number of rotatable bonds is 8. The number of alkyl halides is 1. The number of hydrogen-bond acceptors (Lipinski definition) is 7. The highest BCUT2D eigenvalue weighted by molar-refractivity contribution is 8.00. The van der Waals surface area contributed by atoms with E-state index in [0.29, 0.717) is 53.0 Å². The van der Waals surface area contributed by atoms with Gasteiger partial charge in [0.2, 0.25) is 5.91 Å². The van der Waals surface area contributed by atoms with E-state index in [0.717, 1.165) is 24.6 Å². The lowest BCUT2D eigenvalue weighted by atomic mass is 9.99. The Morgan fingerprint density at radius 1 is 1.26 bits per heavy atom. The predicted octanol–water partition coefficient (Wildman–Crippen LogP) is 3.37. The fourth-order valence-electron chi connectivity index (χ4n) is 4.37. The first kappa shape index (κ1) is 24.0. The molecule has 1 aromatic carbocycles. The third kappa shape index (κ3) is 5.01. The lowest BCUT2D eigenvalue weighted by molar-refractivity contribution is -0.117. The zero-order valence-corrected chi connectivity index (χ0v) is 19.8. The zero-order valence-electron chi connectivity index (χ0n) is 19.0. The fraction of sp³-hybridized carbons (Fsp3) is 0.440. The van der Waals surface area contributed by atoms with E-state index in [2.05, 4.69) is 22.4 Å². The van der Waals surface area contributed by atoms with E-state index in [1.54, 1.807) is 17.0 Å². The van der Waals surface area contributed by atoms with Crippen LogP contribution in [0.3, 0.4) is 0 Å². The number of amides is 1. The average Bonchev–Trinajstić information content (AvgIpc) is 3.67. The Hall–Kier alpha value is -3.14. The number of carbonyl (C=O) groups excluding carboxylic acids is 1. The van der Waals surface area contributed by atoms with Crippen molar-refractivity contribution in [3.63, 3.8) is 0 Å². The third-order valence-electron chi connectivity index (χ3n) is 6.28. The van der Waals surface area contributed by atoms with Crippen molar-refractivity contribution in [1.29, 1.82) is 10.5 Å². The normalized spacial score (nSPS) is 20.9. The number of nitriles is 2. The van der Waals surface area contributed by atoms with Crippen molar-refractivity contribution in [2.45, 2.75) is 61.1 Å². The number of aromatic nitrogens is 1. The van der Waals surface area contributed by atoms with Gasteiger partial charge in [0.05, 0.1) is 17.7 Å². The second kappa shape index (κ2) is 10.4. The van der Waals surface area contributed by atoms with Gasteiger partial charge in [-0.2, -0.15) is 10.5 Å². The van der Waals surface area contributed by atoms with E-state index >= 15 is 4.39 Å². The summed E-state index contributed by atoms with van der Waals surface area (Å²) in [6.07, 6.45) is 2.11. The summed E-state index contributed by atoms with van der Waals surface area (Å²) in [7, 11) is 0. The molecular formula is C25H27FN6OS. The highest BCUT2D eigenvalue weighted by atomic mass is 32.2. The molecule has 1 aromatic heterocycles. The lowest BCUT2D eigenvalue weighted by Gasteiger charge is -2.36. The van der Waals surface area contributed by atoms with Crippen LogP contribution in [-0.2, 0) is 11.2 Å². The summed E-state index contributed by atoms with van der Waals surface area (Å²) in [5.41, 5.74) is 7.51. The molecule has 2 aliphatic rings. The zero-order chi connectivity index (χ0) is 24.2. The number of hydrogen-bond donors (Lipinski definition) is 2. The molecule has 0 radical (unpaired) electrons. The standard InChI is InChI=1S/C25H27FN6OS/c1-2-17-18(12-27)24(32-11-10-21(20(26)14-32)30-16-8-9-16)31-25(19(17)13-28)34-22(23(29)33)15-6-4-3-5-7-15/h3-7,16,20-22,30H,2,8-11,14H2,1H3,(H2,29,33). The minimum Gasteiger partial charge on any atom is -0.368 e. The van der Waals surface area contributed by atoms with E-state index in [9.17, 15) is 15.3 Å². The molecule has 34 heavy (non-hydrogen) atoms. The van der Waals surface area contributed by atoms with E-state index < -0.39 is 17.3 Å².